The summed E-state index contributed by atoms with van der Waals surface area (Å²) in [5.74, 6) is -1.36. The van der Waals surface area contributed by atoms with Gasteiger partial charge in [0, 0.05) is 12.1 Å². The second-order valence-corrected chi connectivity index (χ2v) is 2.98. The number of phenolic OH excluding ortho intramolecular Hbond substituents is 1. The second-order valence-electron chi connectivity index (χ2n) is 2.98. The van der Waals surface area contributed by atoms with Crippen LogP contribution in [-0.4, -0.2) is 22.6 Å². The Labute approximate surface area is 96.0 Å². The maximum atomic E-state index is 11.4. The lowest BCUT2D eigenvalue weighted by molar-refractivity contribution is -0.385. The van der Waals surface area contributed by atoms with Crippen LogP contribution in [0.5, 0.6) is 5.75 Å². The summed E-state index contributed by atoms with van der Waals surface area (Å²) in [7, 11) is 0. The Kier molecular flexibility index (Phi) is 3.62. The maximum absolute atomic E-state index is 11.4. The molecule has 7 heteroatoms. The van der Waals surface area contributed by atoms with E-state index in [1.54, 1.807) is 6.07 Å². The number of esters is 1. The summed E-state index contributed by atoms with van der Waals surface area (Å²) >= 11 is 0. The van der Waals surface area contributed by atoms with Crippen molar-refractivity contribution in [1.29, 1.82) is 5.26 Å². The predicted octanol–water partition coefficient (Wildman–Crippen LogP) is 1.35. The average molecular weight is 236 g/mol. The van der Waals surface area contributed by atoms with Gasteiger partial charge in [0.1, 0.15) is 22.9 Å². The van der Waals surface area contributed by atoms with Gasteiger partial charge in [-0.05, 0) is 6.92 Å². The Morgan fingerprint density at radius 3 is 2.76 bits per heavy atom. The molecule has 0 heterocycles. The van der Waals surface area contributed by atoms with Gasteiger partial charge in [-0.3, -0.25) is 10.1 Å². The molecule has 1 aromatic rings. The van der Waals surface area contributed by atoms with Crippen molar-refractivity contribution in [2.24, 2.45) is 0 Å². The molecule has 0 aliphatic rings. The van der Waals surface area contributed by atoms with E-state index in [1.165, 1.54) is 6.92 Å². The highest BCUT2D eigenvalue weighted by Gasteiger charge is 2.26. The minimum atomic E-state index is -0.952. The van der Waals surface area contributed by atoms with Crippen molar-refractivity contribution < 1.29 is 19.6 Å². The lowest BCUT2D eigenvalue weighted by atomic mass is 10.1. The van der Waals surface area contributed by atoms with Crippen LogP contribution in [-0.2, 0) is 4.74 Å². The lowest BCUT2D eigenvalue weighted by Gasteiger charge is -2.04. The predicted molar refractivity (Wildman–Crippen MR) is 55.4 cm³/mol. The van der Waals surface area contributed by atoms with E-state index in [-0.39, 0.29) is 6.61 Å². The van der Waals surface area contributed by atoms with Gasteiger partial charge >= 0.3 is 11.7 Å². The molecule has 0 saturated heterocycles. The van der Waals surface area contributed by atoms with Crippen molar-refractivity contribution in [3.05, 3.63) is 33.4 Å². The number of carbonyl (C=O) groups is 1. The molecule has 1 N–H and O–H groups in total. The van der Waals surface area contributed by atoms with Crippen LogP contribution in [0.2, 0.25) is 0 Å². The van der Waals surface area contributed by atoms with E-state index >= 15 is 0 Å². The highest BCUT2D eigenvalue weighted by Crippen LogP contribution is 2.28. The van der Waals surface area contributed by atoms with E-state index in [9.17, 15) is 20.0 Å². The summed E-state index contributed by atoms with van der Waals surface area (Å²) in [4.78, 5) is 21.4. The van der Waals surface area contributed by atoms with E-state index < -0.39 is 33.5 Å². The number of aromatic hydroxyl groups is 1. The Morgan fingerprint density at radius 2 is 2.29 bits per heavy atom. The van der Waals surface area contributed by atoms with Gasteiger partial charge in [-0.15, -0.1) is 0 Å². The first kappa shape index (κ1) is 12.4. The van der Waals surface area contributed by atoms with Crippen molar-refractivity contribution in [3.8, 4) is 11.8 Å². The zero-order valence-electron chi connectivity index (χ0n) is 8.84. The van der Waals surface area contributed by atoms with Gasteiger partial charge in [0.15, 0.2) is 0 Å². The number of nitrogens with zero attached hydrogens (tertiary/aromatic N) is 2. The van der Waals surface area contributed by atoms with Gasteiger partial charge < -0.3 is 9.84 Å². The summed E-state index contributed by atoms with van der Waals surface area (Å²) in [6, 6.07) is 3.36. The molecule has 0 aliphatic heterocycles. The molecule has 0 unspecified atom stereocenters. The van der Waals surface area contributed by atoms with Crippen molar-refractivity contribution in [1.82, 2.24) is 0 Å². The third-order valence-corrected chi connectivity index (χ3v) is 1.89. The van der Waals surface area contributed by atoms with Crippen LogP contribution in [0.25, 0.3) is 0 Å². The smallest absolute Gasteiger partial charge is 0.345 e. The molecular formula is C10H8N2O5. The van der Waals surface area contributed by atoms with E-state index in [0.29, 0.717) is 0 Å². The van der Waals surface area contributed by atoms with Crippen LogP contribution >= 0.6 is 0 Å². The molecular weight excluding hydrogens is 228 g/mol. The number of rotatable bonds is 3. The first-order chi connectivity index (χ1) is 8.01. The van der Waals surface area contributed by atoms with Gasteiger partial charge in [-0.25, -0.2) is 4.79 Å². The molecule has 0 aromatic heterocycles. The number of ether oxygens (including phenoxy) is 1. The third-order valence-electron chi connectivity index (χ3n) is 1.89. The summed E-state index contributed by atoms with van der Waals surface area (Å²) in [6.45, 7) is 1.57. The van der Waals surface area contributed by atoms with Crippen LogP contribution < -0.4 is 0 Å². The van der Waals surface area contributed by atoms with Crippen LogP contribution in [0.4, 0.5) is 5.69 Å². The molecule has 0 fully saturated rings. The molecule has 0 atom stereocenters. The van der Waals surface area contributed by atoms with Crippen molar-refractivity contribution in [2.75, 3.05) is 6.61 Å². The summed E-state index contributed by atoms with van der Waals surface area (Å²) in [6.07, 6.45) is 0. The van der Waals surface area contributed by atoms with Crippen molar-refractivity contribution >= 4 is 11.7 Å². The normalized spacial score (nSPS) is 9.41. The summed E-state index contributed by atoms with van der Waals surface area (Å²) in [5, 5.41) is 28.8. The highest BCUT2D eigenvalue weighted by molar-refractivity contribution is 5.95. The summed E-state index contributed by atoms with van der Waals surface area (Å²) < 4.78 is 4.61. The van der Waals surface area contributed by atoms with E-state index in [4.69, 9.17) is 5.26 Å². The molecule has 0 radical (unpaired) electrons. The second kappa shape index (κ2) is 4.94. The number of hydrogen-bond acceptors (Lipinski definition) is 6. The van der Waals surface area contributed by atoms with Gasteiger partial charge in [0.05, 0.1) is 11.5 Å². The SMILES string of the molecule is CCOC(=O)c1cc(O)cc(C#N)c1[N+](=O)[O-]. The minimum Gasteiger partial charge on any atom is -0.508 e. The van der Waals surface area contributed by atoms with E-state index in [2.05, 4.69) is 4.74 Å². The van der Waals surface area contributed by atoms with Crippen LogP contribution in [0, 0.1) is 21.4 Å². The van der Waals surface area contributed by atoms with Gasteiger partial charge in [0.25, 0.3) is 0 Å². The molecule has 7 nitrogen and oxygen atoms in total. The number of carbonyl (C=O) groups excluding carboxylic acids is 1. The fraction of sp³-hybridized carbons (Fsp3) is 0.200. The standard InChI is InChI=1S/C10H8N2O5/c1-2-17-10(14)8-4-7(13)3-6(5-11)9(8)12(15)16/h3-4,13H,2H2,1H3. The number of hydrogen-bond donors (Lipinski definition) is 1. The van der Waals surface area contributed by atoms with Gasteiger partial charge in [-0.2, -0.15) is 5.26 Å². The molecule has 17 heavy (non-hydrogen) atoms. The Balaban J connectivity index is 3.47. The maximum Gasteiger partial charge on any atom is 0.345 e. The number of nitro groups is 1. The number of nitro benzene ring substituents is 1. The molecule has 88 valence electrons. The minimum absolute atomic E-state index is 0.0352. The third kappa shape index (κ3) is 2.49. The number of benzene rings is 1. The van der Waals surface area contributed by atoms with Crippen molar-refractivity contribution in [2.45, 2.75) is 6.92 Å². The zero-order chi connectivity index (χ0) is 13.0. The zero-order valence-corrected chi connectivity index (χ0v) is 8.84. The monoisotopic (exact) mass is 236 g/mol. The van der Waals surface area contributed by atoms with Crippen molar-refractivity contribution in [3.63, 3.8) is 0 Å². The van der Waals surface area contributed by atoms with Crippen LogP contribution in [0.15, 0.2) is 12.1 Å². The first-order valence-electron chi connectivity index (χ1n) is 4.59. The average Bonchev–Trinajstić information content (AvgIpc) is 2.27. The molecule has 0 amide bonds. The molecule has 1 rings (SSSR count). The molecule has 0 spiro atoms. The van der Waals surface area contributed by atoms with Gasteiger partial charge in [-0.1, -0.05) is 0 Å². The Morgan fingerprint density at radius 1 is 1.65 bits per heavy atom. The fourth-order valence-corrected chi connectivity index (χ4v) is 1.27. The first-order valence-corrected chi connectivity index (χ1v) is 4.59. The largest absolute Gasteiger partial charge is 0.508 e. The molecule has 0 saturated carbocycles. The number of nitriles is 1. The highest BCUT2D eigenvalue weighted by atomic mass is 16.6. The molecule has 1 aromatic carbocycles. The quantitative estimate of drug-likeness (QED) is 0.481. The van der Waals surface area contributed by atoms with E-state index in [1.807, 2.05) is 0 Å². The molecule has 0 aliphatic carbocycles. The van der Waals surface area contributed by atoms with Gasteiger partial charge in [0.2, 0.25) is 0 Å². The van der Waals surface area contributed by atoms with Crippen LogP contribution in [0.1, 0.15) is 22.8 Å². The Bertz CT molecular complexity index is 518. The fourth-order valence-electron chi connectivity index (χ4n) is 1.27. The van der Waals surface area contributed by atoms with E-state index in [0.717, 1.165) is 12.1 Å². The lowest BCUT2D eigenvalue weighted by Crippen LogP contribution is -2.09. The Hall–Kier alpha value is -2.62. The number of phenols is 1. The van der Waals surface area contributed by atoms with Crippen LogP contribution in [0.3, 0.4) is 0 Å². The molecule has 0 bridgehead atoms. The summed E-state index contributed by atoms with van der Waals surface area (Å²) in [5.41, 5.74) is -1.49. The topological polar surface area (TPSA) is 113 Å².